The largest absolute Gasteiger partial charge is 0.325 e. The molecule has 4 aromatic rings. The number of hydrogen-bond acceptors (Lipinski definition) is 6. The summed E-state index contributed by atoms with van der Waals surface area (Å²) in [4.78, 5) is 32.4. The lowest BCUT2D eigenvalue weighted by Crippen LogP contribution is -2.23. The number of anilines is 1. The van der Waals surface area contributed by atoms with Crippen molar-refractivity contribution >= 4 is 56.2 Å². The number of carbonyl (C=O) groups excluding carboxylic acids is 1. The molecular formula is C23H23N3O2S3. The van der Waals surface area contributed by atoms with E-state index in [0.717, 1.165) is 27.3 Å². The van der Waals surface area contributed by atoms with Gasteiger partial charge in [0.2, 0.25) is 5.91 Å². The van der Waals surface area contributed by atoms with E-state index in [9.17, 15) is 9.59 Å². The lowest BCUT2D eigenvalue weighted by Gasteiger charge is -2.13. The van der Waals surface area contributed by atoms with E-state index < -0.39 is 0 Å². The molecule has 8 heteroatoms. The maximum atomic E-state index is 13.2. The van der Waals surface area contributed by atoms with Crippen molar-refractivity contribution in [3.05, 3.63) is 62.1 Å². The van der Waals surface area contributed by atoms with Crippen molar-refractivity contribution in [2.24, 2.45) is 0 Å². The van der Waals surface area contributed by atoms with Crippen molar-refractivity contribution in [1.29, 1.82) is 0 Å². The lowest BCUT2D eigenvalue weighted by atomic mass is 10.1. The normalized spacial score (nSPS) is 11.2. The number of rotatable bonds is 6. The fraction of sp³-hybridized carbons (Fsp3) is 0.261. The molecule has 0 aliphatic rings. The Balaban J connectivity index is 1.59. The highest BCUT2D eigenvalue weighted by atomic mass is 32.2. The van der Waals surface area contributed by atoms with Crippen LogP contribution >= 0.6 is 34.4 Å². The maximum Gasteiger partial charge on any atom is 0.263 e. The SMILES string of the molecule is CCn1c(SCC(=O)Nc2c(C)cc(C)cc2C)nc2scc(-c3cccs3)c2c1=O. The summed E-state index contributed by atoms with van der Waals surface area (Å²) in [7, 11) is 0. The van der Waals surface area contributed by atoms with Gasteiger partial charge >= 0.3 is 0 Å². The number of carbonyl (C=O) groups is 1. The first-order chi connectivity index (χ1) is 14.9. The summed E-state index contributed by atoms with van der Waals surface area (Å²) in [5.41, 5.74) is 5.00. The van der Waals surface area contributed by atoms with Crippen LogP contribution in [-0.4, -0.2) is 21.2 Å². The van der Waals surface area contributed by atoms with Gasteiger partial charge in [0.05, 0.1) is 11.1 Å². The summed E-state index contributed by atoms with van der Waals surface area (Å²) < 4.78 is 1.66. The molecule has 0 atom stereocenters. The number of aryl methyl sites for hydroxylation is 3. The van der Waals surface area contributed by atoms with Crippen molar-refractivity contribution in [2.75, 3.05) is 11.1 Å². The number of thioether (sulfide) groups is 1. The van der Waals surface area contributed by atoms with Crippen LogP contribution in [-0.2, 0) is 11.3 Å². The molecule has 0 aliphatic heterocycles. The molecule has 3 aromatic heterocycles. The zero-order chi connectivity index (χ0) is 22.1. The number of aromatic nitrogens is 2. The first-order valence-electron chi connectivity index (χ1n) is 9.95. The van der Waals surface area contributed by atoms with Gasteiger partial charge in [-0.05, 0) is 50.3 Å². The Bertz CT molecular complexity index is 1300. The van der Waals surface area contributed by atoms with E-state index >= 15 is 0 Å². The van der Waals surface area contributed by atoms with Gasteiger partial charge in [0, 0.05) is 28.1 Å². The fourth-order valence-electron chi connectivity index (χ4n) is 3.69. The number of fused-ring (bicyclic) bond motifs is 1. The Kier molecular flexibility index (Phi) is 6.31. The Labute approximate surface area is 193 Å². The van der Waals surface area contributed by atoms with Crippen LogP contribution in [0.2, 0.25) is 0 Å². The Morgan fingerprint density at radius 1 is 1.19 bits per heavy atom. The first kappa shape index (κ1) is 21.8. The monoisotopic (exact) mass is 469 g/mol. The van der Waals surface area contributed by atoms with Gasteiger partial charge in [-0.3, -0.25) is 14.2 Å². The van der Waals surface area contributed by atoms with Crippen molar-refractivity contribution in [3.63, 3.8) is 0 Å². The van der Waals surface area contributed by atoms with Gasteiger partial charge in [-0.25, -0.2) is 4.98 Å². The van der Waals surface area contributed by atoms with E-state index in [1.165, 1.54) is 28.7 Å². The molecule has 160 valence electrons. The lowest BCUT2D eigenvalue weighted by molar-refractivity contribution is -0.113. The summed E-state index contributed by atoms with van der Waals surface area (Å²) in [6, 6.07) is 8.11. The second kappa shape index (κ2) is 8.98. The van der Waals surface area contributed by atoms with Crippen LogP contribution in [0.4, 0.5) is 5.69 Å². The molecule has 0 spiro atoms. The molecule has 0 saturated heterocycles. The minimum Gasteiger partial charge on any atom is -0.325 e. The molecule has 0 saturated carbocycles. The van der Waals surface area contributed by atoms with Crippen LogP contribution in [0, 0.1) is 20.8 Å². The average Bonchev–Trinajstić information content (AvgIpc) is 3.38. The summed E-state index contributed by atoms with van der Waals surface area (Å²) in [5.74, 6) is 0.0796. The predicted octanol–water partition coefficient (Wildman–Crippen LogP) is 5.86. The highest BCUT2D eigenvalue weighted by Gasteiger charge is 2.18. The smallest absolute Gasteiger partial charge is 0.263 e. The first-order valence-corrected chi connectivity index (χ1v) is 12.7. The van der Waals surface area contributed by atoms with Crippen molar-refractivity contribution < 1.29 is 4.79 Å². The van der Waals surface area contributed by atoms with Crippen molar-refractivity contribution in [1.82, 2.24) is 9.55 Å². The quantitative estimate of drug-likeness (QED) is 0.284. The van der Waals surface area contributed by atoms with E-state index in [0.29, 0.717) is 21.9 Å². The summed E-state index contributed by atoms with van der Waals surface area (Å²) in [6.45, 7) is 8.46. The molecule has 5 nitrogen and oxygen atoms in total. The predicted molar refractivity (Wildman–Crippen MR) is 133 cm³/mol. The van der Waals surface area contributed by atoms with E-state index in [4.69, 9.17) is 4.98 Å². The molecular weight excluding hydrogens is 446 g/mol. The molecule has 1 N–H and O–H groups in total. The van der Waals surface area contributed by atoms with Crippen molar-refractivity contribution in [3.8, 4) is 10.4 Å². The average molecular weight is 470 g/mol. The van der Waals surface area contributed by atoms with E-state index in [-0.39, 0.29) is 17.2 Å². The van der Waals surface area contributed by atoms with Gasteiger partial charge in [0.25, 0.3) is 5.56 Å². The van der Waals surface area contributed by atoms with E-state index in [2.05, 4.69) is 17.4 Å². The molecule has 1 amide bonds. The number of benzene rings is 1. The molecule has 0 unspecified atom stereocenters. The topological polar surface area (TPSA) is 64.0 Å². The summed E-state index contributed by atoms with van der Waals surface area (Å²) >= 11 is 4.38. The molecule has 3 heterocycles. The third-order valence-electron chi connectivity index (χ3n) is 5.04. The van der Waals surface area contributed by atoms with Gasteiger partial charge in [-0.2, -0.15) is 0 Å². The van der Waals surface area contributed by atoms with Gasteiger partial charge in [-0.15, -0.1) is 22.7 Å². The zero-order valence-electron chi connectivity index (χ0n) is 17.8. The zero-order valence-corrected chi connectivity index (χ0v) is 20.3. The highest BCUT2D eigenvalue weighted by Crippen LogP contribution is 2.34. The molecule has 0 radical (unpaired) electrons. The Morgan fingerprint density at radius 3 is 2.58 bits per heavy atom. The molecule has 31 heavy (non-hydrogen) atoms. The highest BCUT2D eigenvalue weighted by molar-refractivity contribution is 7.99. The van der Waals surface area contributed by atoms with Crippen LogP contribution in [0.15, 0.2) is 45.0 Å². The molecule has 0 fully saturated rings. The minimum absolute atomic E-state index is 0.0507. The second-order valence-corrected chi connectivity index (χ2v) is 10.1. The third-order valence-corrected chi connectivity index (χ3v) is 7.79. The fourth-order valence-corrected chi connectivity index (χ4v) is 6.36. The van der Waals surface area contributed by atoms with Gasteiger partial charge in [-0.1, -0.05) is 35.5 Å². The molecule has 0 bridgehead atoms. The summed E-state index contributed by atoms with van der Waals surface area (Å²) in [6.07, 6.45) is 0. The van der Waals surface area contributed by atoms with Crippen LogP contribution in [0.1, 0.15) is 23.6 Å². The van der Waals surface area contributed by atoms with Gasteiger partial charge in [0.1, 0.15) is 4.83 Å². The number of thiophene rings is 2. The van der Waals surface area contributed by atoms with Crippen LogP contribution in [0.3, 0.4) is 0 Å². The molecule has 1 aromatic carbocycles. The second-order valence-electron chi connectivity index (χ2n) is 7.36. The minimum atomic E-state index is -0.109. The van der Waals surface area contributed by atoms with Gasteiger partial charge in [0.15, 0.2) is 5.16 Å². The van der Waals surface area contributed by atoms with E-state index in [1.54, 1.807) is 15.9 Å². The van der Waals surface area contributed by atoms with Crippen LogP contribution in [0.5, 0.6) is 0 Å². The maximum absolute atomic E-state index is 13.2. The number of nitrogens with one attached hydrogen (secondary N) is 1. The molecule has 0 aliphatic carbocycles. The van der Waals surface area contributed by atoms with Crippen molar-refractivity contribution in [2.45, 2.75) is 39.4 Å². The Morgan fingerprint density at radius 2 is 1.94 bits per heavy atom. The van der Waals surface area contributed by atoms with Crippen LogP contribution < -0.4 is 10.9 Å². The molecule has 4 rings (SSSR count). The van der Waals surface area contributed by atoms with E-state index in [1.807, 2.05) is 50.6 Å². The number of hydrogen-bond donors (Lipinski definition) is 1. The van der Waals surface area contributed by atoms with Gasteiger partial charge < -0.3 is 5.32 Å². The standard InChI is InChI=1S/C23H23N3O2S3/c1-5-26-22(28)19-16(17-7-6-8-29-17)11-30-21(19)25-23(26)31-12-18(27)24-20-14(3)9-13(2)10-15(20)4/h6-11H,5,12H2,1-4H3,(H,24,27). The Hall–Kier alpha value is -2.42. The number of amides is 1. The third kappa shape index (κ3) is 4.33. The summed E-state index contributed by atoms with van der Waals surface area (Å²) in [5, 5.41) is 8.25. The van der Waals surface area contributed by atoms with Crippen LogP contribution in [0.25, 0.3) is 20.7 Å². The number of nitrogens with zero attached hydrogens (tertiary/aromatic N) is 2.